The number of benzene rings is 2. The lowest BCUT2D eigenvalue weighted by molar-refractivity contribution is -0.121. The number of carbonyl (C=O) groups excluding carboxylic acids is 2. The summed E-state index contributed by atoms with van der Waals surface area (Å²) in [6.45, 7) is 0. The highest BCUT2D eigenvalue weighted by molar-refractivity contribution is 5.97. The van der Waals surface area contributed by atoms with Gasteiger partial charge >= 0.3 is 0 Å². The van der Waals surface area contributed by atoms with E-state index in [1.165, 1.54) is 38.5 Å². The van der Waals surface area contributed by atoms with E-state index in [2.05, 4.69) is 10.6 Å². The van der Waals surface area contributed by atoms with Gasteiger partial charge in [0.15, 0.2) is 0 Å². The van der Waals surface area contributed by atoms with E-state index in [-0.39, 0.29) is 30.5 Å². The van der Waals surface area contributed by atoms with Gasteiger partial charge in [-0.2, -0.15) is 0 Å². The fourth-order valence-corrected chi connectivity index (χ4v) is 2.10. The zero-order chi connectivity index (χ0) is 18.2. The van der Waals surface area contributed by atoms with Gasteiger partial charge in [-0.05, 0) is 36.4 Å². The second kappa shape index (κ2) is 8.68. The molecule has 2 aromatic rings. The summed E-state index contributed by atoms with van der Waals surface area (Å²) in [5, 5.41) is 5.29. The highest BCUT2D eigenvalue weighted by atomic mass is 19.1. The molecule has 2 aromatic carbocycles. The number of ether oxygens (including phenoxy) is 2. The van der Waals surface area contributed by atoms with Crippen molar-refractivity contribution in [2.24, 2.45) is 0 Å². The number of rotatable bonds is 7. The van der Waals surface area contributed by atoms with Crippen molar-refractivity contribution in [2.45, 2.75) is 12.8 Å². The summed E-state index contributed by atoms with van der Waals surface area (Å²) < 4.78 is 23.1. The number of halogens is 1. The molecule has 2 amide bonds. The summed E-state index contributed by atoms with van der Waals surface area (Å²) in [6.07, 6.45) is 0.00386. The number of hydrogen-bond donors (Lipinski definition) is 2. The van der Waals surface area contributed by atoms with E-state index < -0.39 is 0 Å². The Balaban J connectivity index is 1.86. The maximum atomic E-state index is 12.8. The van der Waals surface area contributed by atoms with Gasteiger partial charge in [-0.25, -0.2) is 4.39 Å². The Morgan fingerprint density at radius 1 is 0.920 bits per heavy atom. The predicted octanol–water partition coefficient (Wildman–Crippen LogP) is 3.20. The lowest BCUT2D eigenvalue weighted by Gasteiger charge is -2.11. The molecule has 0 unspecified atom stereocenters. The first-order valence-electron chi connectivity index (χ1n) is 7.59. The standard InChI is InChI=1S/C18H19FN2O4/c1-24-14-7-8-15(16(11-14)25-2)21-18(23)10-9-17(22)20-13-5-3-12(19)4-6-13/h3-8,11H,9-10H2,1-2H3,(H,20,22)(H,21,23). The van der Waals surface area contributed by atoms with Gasteiger partial charge in [0, 0.05) is 24.6 Å². The predicted molar refractivity (Wildman–Crippen MR) is 92.4 cm³/mol. The van der Waals surface area contributed by atoms with Crippen LogP contribution in [0.5, 0.6) is 11.5 Å². The van der Waals surface area contributed by atoms with Crippen molar-refractivity contribution >= 4 is 23.2 Å². The molecular formula is C18H19FN2O4. The minimum absolute atomic E-state index is 0.00167. The molecule has 25 heavy (non-hydrogen) atoms. The number of methoxy groups -OCH3 is 2. The van der Waals surface area contributed by atoms with Crippen LogP contribution >= 0.6 is 0 Å². The number of anilines is 2. The first-order valence-corrected chi connectivity index (χ1v) is 7.59. The van der Waals surface area contributed by atoms with Crippen LogP contribution in [0.4, 0.5) is 15.8 Å². The van der Waals surface area contributed by atoms with E-state index >= 15 is 0 Å². The molecule has 132 valence electrons. The average Bonchev–Trinajstić information content (AvgIpc) is 2.62. The molecule has 0 heterocycles. The van der Waals surface area contributed by atoms with Gasteiger partial charge in [0.05, 0.1) is 19.9 Å². The van der Waals surface area contributed by atoms with Crippen LogP contribution in [0, 0.1) is 5.82 Å². The fraction of sp³-hybridized carbons (Fsp3) is 0.222. The summed E-state index contributed by atoms with van der Waals surface area (Å²) in [5.41, 5.74) is 0.968. The van der Waals surface area contributed by atoms with Gasteiger partial charge in [0.2, 0.25) is 11.8 Å². The van der Waals surface area contributed by atoms with Crippen LogP contribution in [0.3, 0.4) is 0 Å². The molecule has 0 radical (unpaired) electrons. The lowest BCUT2D eigenvalue weighted by atomic mass is 10.2. The second-order valence-electron chi connectivity index (χ2n) is 5.17. The highest BCUT2D eigenvalue weighted by Gasteiger charge is 2.11. The van der Waals surface area contributed by atoms with Gasteiger partial charge in [-0.3, -0.25) is 9.59 Å². The van der Waals surface area contributed by atoms with Gasteiger partial charge in [-0.1, -0.05) is 0 Å². The summed E-state index contributed by atoms with van der Waals surface area (Å²) in [4.78, 5) is 23.8. The molecule has 2 N–H and O–H groups in total. The van der Waals surface area contributed by atoms with E-state index in [1.54, 1.807) is 18.2 Å². The quantitative estimate of drug-likeness (QED) is 0.807. The van der Waals surface area contributed by atoms with Crippen molar-refractivity contribution in [1.29, 1.82) is 0 Å². The Morgan fingerprint density at radius 2 is 1.56 bits per heavy atom. The van der Waals surface area contributed by atoms with Crippen molar-refractivity contribution in [3.63, 3.8) is 0 Å². The van der Waals surface area contributed by atoms with Crippen molar-refractivity contribution in [3.8, 4) is 11.5 Å². The molecule has 7 heteroatoms. The molecule has 0 fully saturated rings. The smallest absolute Gasteiger partial charge is 0.224 e. The Morgan fingerprint density at radius 3 is 2.16 bits per heavy atom. The molecular weight excluding hydrogens is 327 g/mol. The highest BCUT2D eigenvalue weighted by Crippen LogP contribution is 2.29. The molecule has 0 atom stereocenters. The summed E-state index contributed by atoms with van der Waals surface area (Å²) in [6, 6.07) is 10.4. The Labute approximate surface area is 144 Å². The minimum Gasteiger partial charge on any atom is -0.497 e. The van der Waals surface area contributed by atoms with Crippen LogP contribution in [-0.4, -0.2) is 26.0 Å². The molecule has 0 saturated heterocycles. The van der Waals surface area contributed by atoms with Crippen LogP contribution in [0.15, 0.2) is 42.5 Å². The Kier molecular flexibility index (Phi) is 6.33. The molecule has 0 aromatic heterocycles. The van der Waals surface area contributed by atoms with Crippen LogP contribution in [0.1, 0.15) is 12.8 Å². The maximum Gasteiger partial charge on any atom is 0.224 e. The monoisotopic (exact) mass is 346 g/mol. The zero-order valence-electron chi connectivity index (χ0n) is 14.0. The van der Waals surface area contributed by atoms with Crippen molar-refractivity contribution in [1.82, 2.24) is 0 Å². The largest absolute Gasteiger partial charge is 0.497 e. The summed E-state index contributed by atoms with van der Waals surface area (Å²) in [7, 11) is 3.02. The first-order chi connectivity index (χ1) is 12.0. The fourth-order valence-electron chi connectivity index (χ4n) is 2.10. The maximum absolute atomic E-state index is 12.8. The normalized spacial score (nSPS) is 10.0. The Hall–Kier alpha value is -3.09. The Bertz CT molecular complexity index is 747. The van der Waals surface area contributed by atoms with Gasteiger partial charge < -0.3 is 20.1 Å². The van der Waals surface area contributed by atoms with Gasteiger partial charge in [-0.15, -0.1) is 0 Å². The molecule has 0 aliphatic carbocycles. The summed E-state index contributed by atoms with van der Waals surface area (Å²) >= 11 is 0. The molecule has 0 aliphatic heterocycles. The first kappa shape index (κ1) is 18.3. The topological polar surface area (TPSA) is 76.7 Å². The number of nitrogens with one attached hydrogen (secondary N) is 2. The molecule has 0 spiro atoms. The van der Waals surface area contributed by atoms with Gasteiger partial charge in [0.1, 0.15) is 17.3 Å². The van der Waals surface area contributed by atoms with Crippen molar-refractivity contribution < 1.29 is 23.5 Å². The third kappa shape index (κ3) is 5.49. The number of amides is 2. The number of hydrogen-bond acceptors (Lipinski definition) is 4. The van der Waals surface area contributed by atoms with Crippen LogP contribution in [-0.2, 0) is 9.59 Å². The lowest BCUT2D eigenvalue weighted by Crippen LogP contribution is -2.17. The molecule has 0 aliphatic rings. The molecule has 2 rings (SSSR count). The second-order valence-corrected chi connectivity index (χ2v) is 5.17. The third-order valence-electron chi connectivity index (χ3n) is 3.39. The number of carbonyl (C=O) groups is 2. The summed E-state index contributed by atoms with van der Waals surface area (Å²) in [5.74, 6) is 0.0315. The van der Waals surface area contributed by atoms with Gasteiger partial charge in [0.25, 0.3) is 0 Å². The van der Waals surface area contributed by atoms with Crippen LogP contribution in [0.2, 0.25) is 0 Å². The SMILES string of the molecule is COc1ccc(NC(=O)CCC(=O)Nc2ccc(F)cc2)c(OC)c1. The molecule has 0 saturated carbocycles. The van der Waals surface area contributed by atoms with Crippen molar-refractivity contribution in [2.75, 3.05) is 24.9 Å². The molecule has 0 bridgehead atoms. The van der Waals surface area contributed by atoms with E-state index in [4.69, 9.17) is 9.47 Å². The minimum atomic E-state index is -0.384. The van der Waals surface area contributed by atoms with Crippen molar-refractivity contribution in [3.05, 3.63) is 48.3 Å². The van der Waals surface area contributed by atoms with Crippen LogP contribution < -0.4 is 20.1 Å². The van der Waals surface area contributed by atoms with Crippen LogP contribution in [0.25, 0.3) is 0 Å². The van der Waals surface area contributed by atoms with E-state index in [0.717, 1.165) is 0 Å². The molecule has 6 nitrogen and oxygen atoms in total. The van der Waals surface area contributed by atoms with E-state index in [9.17, 15) is 14.0 Å². The van der Waals surface area contributed by atoms with E-state index in [1.807, 2.05) is 0 Å². The third-order valence-corrected chi connectivity index (χ3v) is 3.39. The average molecular weight is 346 g/mol. The zero-order valence-corrected chi connectivity index (χ0v) is 14.0. The van der Waals surface area contributed by atoms with E-state index in [0.29, 0.717) is 22.9 Å².